The van der Waals surface area contributed by atoms with Gasteiger partial charge in [0.2, 0.25) is 0 Å². The fourth-order valence-electron chi connectivity index (χ4n) is 2.51. The molecule has 6 heteroatoms. The molecule has 4 nitrogen and oxygen atoms in total. The van der Waals surface area contributed by atoms with Crippen LogP contribution in [0.5, 0.6) is 0 Å². The van der Waals surface area contributed by atoms with E-state index in [1.807, 2.05) is 28.8 Å². The molecule has 0 bridgehead atoms. The second-order valence-electron chi connectivity index (χ2n) is 5.00. The van der Waals surface area contributed by atoms with Crippen molar-refractivity contribution in [2.75, 3.05) is 10.8 Å². The summed E-state index contributed by atoms with van der Waals surface area (Å²) in [5.74, 6) is 1.10. The SMILES string of the molecule is Fc1ccccc1-c1nnc2n1CN(c1ccccc1)CS2. The van der Waals surface area contributed by atoms with Crippen LogP contribution < -0.4 is 4.90 Å². The van der Waals surface area contributed by atoms with Crippen LogP contribution in [0.1, 0.15) is 0 Å². The average molecular weight is 312 g/mol. The number of nitrogens with zero attached hydrogens (tertiary/aromatic N) is 4. The van der Waals surface area contributed by atoms with Gasteiger partial charge in [0.25, 0.3) is 0 Å². The van der Waals surface area contributed by atoms with Crippen molar-refractivity contribution in [3.63, 3.8) is 0 Å². The number of fused-ring (bicyclic) bond motifs is 1. The van der Waals surface area contributed by atoms with Crippen LogP contribution in [0.2, 0.25) is 0 Å². The predicted octanol–water partition coefficient (Wildman–Crippen LogP) is 3.61. The Bertz CT molecular complexity index is 803. The van der Waals surface area contributed by atoms with Gasteiger partial charge in [0.1, 0.15) is 5.82 Å². The Balaban J connectivity index is 1.73. The zero-order chi connectivity index (χ0) is 14.9. The van der Waals surface area contributed by atoms with Crippen molar-refractivity contribution in [1.29, 1.82) is 0 Å². The fraction of sp³-hybridized carbons (Fsp3) is 0.125. The van der Waals surface area contributed by atoms with Crippen LogP contribution >= 0.6 is 11.8 Å². The van der Waals surface area contributed by atoms with Crippen LogP contribution in [0.15, 0.2) is 59.8 Å². The lowest BCUT2D eigenvalue weighted by atomic mass is 10.2. The molecule has 0 saturated carbocycles. The maximum atomic E-state index is 14.0. The zero-order valence-corrected chi connectivity index (χ0v) is 12.5. The molecule has 0 saturated heterocycles. The van der Waals surface area contributed by atoms with Gasteiger partial charge in [0.15, 0.2) is 11.0 Å². The number of benzene rings is 2. The van der Waals surface area contributed by atoms with Crippen LogP contribution in [-0.2, 0) is 6.67 Å². The molecule has 4 rings (SSSR count). The first-order chi connectivity index (χ1) is 10.8. The van der Waals surface area contributed by atoms with Gasteiger partial charge in [-0.25, -0.2) is 4.39 Å². The molecule has 1 aromatic heterocycles. The highest BCUT2D eigenvalue weighted by atomic mass is 32.2. The molecule has 0 N–H and O–H groups in total. The number of hydrogen-bond donors (Lipinski definition) is 0. The molecular formula is C16H13FN4S. The van der Waals surface area contributed by atoms with E-state index in [1.54, 1.807) is 23.9 Å². The van der Waals surface area contributed by atoms with Crippen LogP contribution in [0, 0.1) is 5.82 Å². The largest absolute Gasteiger partial charge is 0.344 e. The number of rotatable bonds is 2. The Morgan fingerprint density at radius 2 is 1.73 bits per heavy atom. The Morgan fingerprint density at radius 1 is 0.955 bits per heavy atom. The van der Waals surface area contributed by atoms with Crippen molar-refractivity contribution < 1.29 is 4.39 Å². The molecule has 0 unspecified atom stereocenters. The molecule has 0 amide bonds. The summed E-state index contributed by atoms with van der Waals surface area (Å²) < 4.78 is 16.0. The Labute approximate surface area is 131 Å². The van der Waals surface area contributed by atoms with Gasteiger partial charge in [0.05, 0.1) is 18.1 Å². The van der Waals surface area contributed by atoms with Crippen molar-refractivity contribution in [3.8, 4) is 11.4 Å². The van der Waals surface area contributed by atoms with E-state index < -0.39 is 0 Å². The standard InChI is InChI=1S/C16H13FN4S/c17-14-9-5-4-8-13(14)15-18-19-16-21(15)10-20(11-22-16)12-6-2-1-3-7-12/h1-9H,10-11H2. The van der Waals surface area contributed by atoms with E-state index >= 15 is 0 Å². The molecule has 2 aromatic carbocycles. The summed E-state index contributed by atoms with van der Waals surface area (Å²) in [7, 11) is 0. The van der Waals surface area contributed by atoms with Crippen LogP contribution in [-0.4, -0.2) is 20.6 Å². The molecule has 0 fully saturated rings. The van der Waals surface area contributed by atoms with Crippen LogP contribution in [0.25, 0.3) is 11.4 Å². The molecule has 1 aliphatic rings. The predicted molar refractivity (Wildman–Crippen MR) is 85.1 cm³/mol. The molecule has 0 atom stereocenters. The molecule has 0 spiro atoms. The van der Waals surface area contributed by atoms with Gasteiger partial charge >= 0.3 is 0 Å². The van der Waals surface area contributed by atoms with Gasteiger partial charge in [-0.3, -0.25) is 4.57 Å². The molecule has 3 aromatic rings. The van der Waals surface area contributed by atoms with E-state index in [1.165, 1.54) is 6.07 Å². The summed E-state index contributed by atoms with van der Waals surface area (Å²) in [6, 6.07) is 16.8. The third-order valence-electron chi connectivity index (χ3n) is 3.61. The maximum Gasteiger partial charge on any atom is 0.194 e. The van der Waals surface area contributed by atoms with E-state index in [4.69, 9.17) is 0 Å². The highest BCUT2D eigenvalue weighted by Crippen LogP contribution is 2.32. The second kappa shape index (κ2) is 5.46. The van der Waals surface area contributed by atoms with Crippen LogP contribution in [0.4, 0.5) is 10.1 Å². The molecule has 1 aliphatic heterocycles. The first-order valence-corrected chi connectivity index (χ1v) is 7.92. The minimum Gasteiger partial charge on any atom is -0.344 e. The summed E-state index contributed by atoms with van der Waals surface area (Å²) in [6.07, 6.45) is 0. The smallest absolute Gasteiger partial charge is 0.194 e. The van der Waals surface area contributed by atoms with E-state index in [0.717, 1.165) is 16.7 Å². The topological polar surface area (TPSA) is 34.0 Å². The second-order valence-corrected chi connectivity index (χ2v) is 5.92. The average Bonchev–Trinajstić information content (AvgIpc) is 2.99. The molecule has 110 valence electrons. The number of para-hydroxylation sites is 1. The highest BCUT2D eigenvalue weighted by Gasteiger charge is 2.23. The number of aromatic nitrogens is 3. The summed E-state index contributed by atoms with van der Waals surface area (Å²) in [4.78, 5) is 2.21. The van der Waals surface area contributed by atoms with Gasteiger partial charge in [-0.1, -0.05) is 42.1 Å². The Morgan fingerprint density at radius 3 is 2.55 bits per heavy atom. The van der Waals surface area contributed by atoms with Gasteiger partial charge in [0, 0.05) is 5.69 Å². The Kier molecular flexibility index (Phi) is 3.31. The van der Waals surface area contributed by atoms with Crippen LogP contribution in [0.3, 0.4) is 0 Å². The minimum atomic E-state index is -0.278. The van der Waals surface area contributed by atoms with Crippen molar-refractivity contribution in [2.24, 2.45) is 0 Å². The van der Waals surface area contributed by atoms with Crippen molar-refractivity contribution in [3.05, 3.63) is 60.4 Å². The Hall–Kier alpha value is -2.34. The van der Waals surface area contributed by atoms with E-state index in [-0.39, 0.29) is 5.82 Å². The number of halogens is 1. The lowest BCUT2D eigenvalue weighted by molar-refractivity contribution is 0.599. The fourth-order valence-corrected chi connectivity index (χ4v) is 3.41. The van der Waals surface area contributed by atoms with Gasteiger partial charge in [-0.2, -0.15) is 0 Å². The van der Waals surface area contributed by atoms with E-state index in [2.05, 4.69) is 27.2 Å². The quantitative estimate of drug-likeness (QED) is 0.724. The minimum absolute atomic E-state index is 0.278. The zero-order valence-electron chi connectivity index (χ0n) is 11.7. The van der Waals surface area contributed by atoms with Gasteiger partial charge < -0.3 is 4.90 Å². The first kappa shape index (κ1) is 13.3. The number of anilines is 1. The lowest BCUT2D eigenvalue weighted by Crippen LogP contribution is -2.30. The van der Waals surface area contributed by atoms with E-state index in [9.17, 15) is 4.39 Å². The normalized spacial score (nSPS) is 14.0. The molecule has 0 aliphatic carbocycles. The molecular weight excluding hydrogens is 299 g/mol. The van der Waals surface area contributed by atoms with Crippen molar-refractivity contribution in [2.45, 2.75) is 11.8 Å². The summed E-state index contributed by atoms with van der Waals surface area (Å²) in [5.41, 5.74) is 1.62. The summed E-state index contributed by atoms with van der Waals surface area (Å²) >= 11 is 1.61. The third-order valence-corrected chi connectivity index (χ3v) is 4.62. The monoisotopic (exact) mass is 312 g/mol. The third kappa shape index (κ3) is 2.25. The first-order valence-electron chi connectivity index (χ1n) is 6.94. The lowest BCUT2D eigenvalue weighted by Gasteiger charge is -2.29. The van der Waals surface area contributed by atoms with Crippen molar-refractivity contribution in [1.82, 2.24) is 14.8 Å². The molecule has 2 heterocycles. The van der Waals surface area contributed by atoms with Gasteiger partial charge in [-0.15, -0.1) is 10.2 Å². The number of thioether (sulfide) groups is 1. The van der Waals surface area contributed by atoms with Crippen molar-refractivity contribution >= 4 is 17.4 Å². The summed E-state index contributed by atoms with van der Waals surface area (Å²) in [6.45, 7) is 0.614. The number of hydrogen-bond acceptors (Lipinski definition) is 4. The van der Waals surface area contributed by atoms with E-state index in [0.29, 0.717) is 18.1 Å². The molecule has 22 heavy (non-hydrogen) atoms. The maximum absolute atomic E-state index is 14.0. The molecule has 0 radical (unpaired) electrons. The summed E-state index contributed by atoms with van der Waals surface area (Å²) in [5, 5.41) is 9.19. The van der Waals surface area contributed by atoms with Gasteiger partial charge in [-0.05, 0) is 24.3 Å². The highest BCUT2D eigenvalue weighted by molar-refractivity contribution is 7.99.